The summed E-state index contributed by atoms with van der Waals surface area (Å²) in [6, 6.07) is -0.0885. The minimum Gasteiger partial charge on any atom is -0.375 e. The Morgan fingerprint density at radius 3 is 3.11 bits per heavy atom. The molecular formula is C18H20ClFN6O2. The Morgan fingerprint density at radius 1 is 1.46 bits per heavy atom. The summed E-state index contributed by atoms with van der Waals surface area (Å²) < 4.78 is 19.2. The summed E-state index contributed by atoms with van der Waals surface area (Å²) in [7, 11) is 1.48. The summed E-state index contributed by atoms with van der Waals surface area (Å²) >= 11 is 6.08. The van der Waals surface area contributed by atoms with Crippen molar-refractivity contribution in [3.05, 3.63) is 46.9 Å². The zero-order valence-electron chi connectivity index (χ0n) is 15.2. The van der Waals surface area contributed by atoms with Gasteiger partial charge >= 0.3 is 0 Å². The first-order valence-corrected chi connectivity index (χ1v) is 9.29. The Balaban J connectivity index is 1.50. The molecule has 0 aliphatic carbocycles. The lowest BCUT2D eigenvalue weighted by Gasteiger charge is -2.20. The number of allylic oxidation sites excluding steroid dienone is 2. The van der Waals surface area contributed by atoms with Crippen molar-refractivity contribution in [2.24, 2.45) is 0 Å². The van der Waals surface area contributed by atoms with E-state index in [0.29, 0.717) is 30.4 Å². The molecule has 3 aliphatic rings. The van der Waals surface area contributed by atoms with Gasteiger partial charge in [0.1, 0.15) is 12.8 Å². The number of hydrogen-bond acceptors (Lipinski definition) is 7. The molecule has 4 rings (SSSR count). The molecule has 4 heterocycles. The summed E-state index contributed by atoms with van der Waals surface area (Å²) in [6.45, 7) is 1.11. The number of ether oxygens (including phenoxy) is 1. The molecule has 3 aliphatic heterocycles. The van der Waals surface area contributed by atoms with Gasteiger partial charge in [-0.2, -0.15) is 0 Å². The summed E-state index contributed by atoms with van der Waals surface area (Å²) in [4.78, 5) is 22.1. The van der Waals surface area contributed by atoms with Crippen molar-refractivity contribution in [1.29, 1.82) is 0 Å². The maximum absolute atomic E-state index is 14.3. The normalized spacial score (nSPS) is 23.2. The van der Waals surface area contributed by atoms with Gasteiger partial charge in [0.25, 0.3) is 0 Å². The molecule has 28 heavy (non-hydrogen) atoms. The third kappa shape index (κ3) is 3.67. The molecule has 1 amide bonds. The number of hydrogen-bond donors (Lipinski definition) is 3. The van der Waals surface area contributed by atoms with Gasteiger partial charge in [-0.1, -0.05) is 11.6 Å². The van der Waals surface area contributed by atoms with Crippen LogP contribution in [0.3, 0.4) is 0 Å². The number of aromatic nitrogens is 2. The highest BCUT2D eigenvalue weighted by Gasteiger charge is 2.29. The van der Waals surface area contributed by atoms with Gasteiger partial charge in [0, 0.05) is 49.8 Å². The van der Waals surface area contributed by atoms with E-state index in [4.69, 9.17) is 16.3 Å². The van der Waals surface area contributed by atoms with E-state index in [1.165, 1.54) is 7.11 Å². The lowest BCUT2D eigenvalue weighted by Crippen LogP contribution is -2.36. The van der Waals surface area contributed by atoms with E-state index >= 15 is 0 Å². The number of halogens is 2. The summed E-state index contributed by atoms with van der Waals surface area (Å²) in [5.74, 6) is -0.109. The smallest absolute Gasteiger partial charge is 0.248 e. The molecule has 0 saturated carbocycles. The number of amides is 1. The molecule has 0 spiro atoms. The van der Waals surface area contributed by atoms with E-state index in [2.05, 4.69) is 25.9 Å². The first-order chi connectivity index (χ1) is 13.5. The van der Waals surface area contributed by atoms with Crippen molar-refractivity contribution >= 4 is 28.9 Å². The fourth-order valence-corrected chi connectivity index (χ4v) is 3.63. The van der Waals surface area contributed by atoms with Crippen molar-refractivity contribution in [3.63, 3.8) is 0 Å². The van der Waals surface area contributed by atoms with Crippen LogP contribution in [0.25, 0.3) is 5.57 Å². The van der Waals surface area contributed by atoms with Crippen molar-refractivity contribution in [3.8, 4) is 0 Å². The second-order valence-electron chi connectivity index (χ2n) is 6.75. The number of rotatable bonds is 5. The molecule has 3 N–H and O–H groups in total. The van der Waals surface area contributed by atoms with Crippen LogP contribution in [0.1, 0.15) is 12.2 Å². The van der Waals surface area contributed by atoms with Crippen LogP contribution in [-0.4, -0.2) is 59.8 Å². The molecule has 8 nitrogen and oxygen atoms in total. The number of fused-ring (bicyclic) bond motifs is 1. The zero-order chi connectivity index (χ0) is 19.7. The number of likely N-dealkylation sites (tertiary alicyclic amines) is 1. The minimum absolute atomic E-state index is 0.0429. The van der Waals surface area contributed by atoms with Gasteiger partial charge < -0.3 is 25.6 Å². The van der Waals surface area contributed by atoms with Crippen molar-refractivity contribution in [1.82, 2.24) is 25.5 Å². The lowest BCUT2D eigenvalue weighted by atomic mass is 10.0. The molecule has 1 aromatic heterocycles. The largest absolute Gasteiger partial charge is 0.375 e. The molecule has 0 aromatic carbocycles. The number of methoxy groups -OCH3 is 1. The second-order valence-corrected chi connectivity index (χ2v) is 7.18. The van der Waals surface area contributed by atoms with Crippen LogP contribution in [0.15, 0.2) is 35.3 Å². The van der Waals surface area contributed by atoms with Gasteiger partial charge in [-0.3, -0.25) is 4.79 Å². The number of nitrogens with zero attached hydrogens (tertiary/aromatic N) is 3. The molecule has 0 bridgehead atoms. The predicted octanol–water partition coefficient (Wildman–Crippen LogP) is 1.15. The third-order valence-electron chi connectivity index (χ3n) is 4.83. The summed E-state index contributed by atoms with van der Waals surface area (Å²) in [6.07, 6.45) is 7.05. The van der Waals surface area contributed by atoms with Gasteiger partial charge in [0.15, 0.2) is 17.5 Å². The Morgan fingerprint density at radius 2 is 2.29 bits per heavy atom. The van der Waals surface area contributed by atoms with E-state index in [1.807, 2.05) is 6.08 Å². The van der Waals surface area contributed by atoms with Crippen LogP contribution in [0.5, 0.6) is 0 Å². The molecule has 1 fully saturated rings. The van der Waals surface area contributed by atoms with E-state index < -0.39 is 5.82 Å². The van der Waals surface area contributed by atoms with Gasteiger partial charge in [-0.25, -0.2) is 14.4 Å². The van der Waals surface area contributed by atoms with Crippen molar-refractivity contribution in [2.45, 2.75) is 18.6 Å². The fourth-order valence-electron chi connectivity index (χ4n) is 3.45. The van der Waals surface area contributed by atoms with Crippen LogP contribution < -0.4 is 16.0 Å². The minimum atomic E-state index is -0.540. The molecule has 1 aromatic rings. The molecule has 1 unspecified atom stereocenters. The Labute approximate surface area is 166 Å². The molecule has 2 atom stereocenters. The van der Waals surface area contributed by atoms with Crippen molar-refractivity contribution in [2.75, 3.05) is 32.1 Å². The van der Waals surface area contributed by atoms with E-state index in [0.717, 1.165) is 17.3 Å². The molecule has 1 saturated heterocycles. The Kier molecular flexibility index (Phi) is 5.19. The predicted molar refractivity (Wildman–Crippen MR) is 103 cm³/mol. The quantitative estimate of drug-likeness (QED) is 0.675. The zero-order valence-corrected chi connectivity index (χ0v) is 16.0. The number of dihydropyridines is 1. The number of carbonyl (C=O) groups is 1. The monoisotopic (exact) mass is 406 g/mol. The highest BCUT2D eigenvalue weighted by molar-refractivity contribution is 6.31. The van der Waals surface area contributed by atoms with E-state index in [1.54, 1.807) is 17.3 Å². The standard InChI is InChI=1S/C18H20ClFN6O2/c1-28-9-15(27)26-3-2-11(8-26)24-18-14(20)7-23-17(25-18)13-6-22-16-12(13)4-10(19)5-21-16/h4-7,11,16,21-22H,2-3,8-9H2,1H3,(H,23,24,25)/t11-,16?/m1/s1. The average Bonchev–Trinajstić information content (AvgIpc) is 3.30. The van der Waals surface area contributed by atoms with Crippen LogP contribution >= 0.6 is 11.6 Å². The third-order valence-corrected chi connectivity index (χ3v) is 5.05. The fraction of sp³-hybridized carbons (Fsp3) is 0.389. The SMILES string of the molecule is COCC(=O)N1CC[C@@H](Nc2nc(C3=CNC4NC=C(Cl)C=C34)ncc2F)C1. The van der Waals surface area contributed by atoms with E-state index in [9.17, 15) is 9.18 Å². The average molecular weight is 407 g/mol. The van der Waals surface area contributed by atoms with Crippen LogP contribution in [0.4, 0.5) is 10.2 Å². The topological polar surface area (TPSA) is 91.4 Å². The molecule has 0 radical (unpaired) electrons. The first-order valence-electron chi connectivity index (χ1n) is 8.91. The summed E-state index contributed by atoms with van der Waals surface area (Å²) in [5, 5.41) is 9.96. The van der Waals surface area contributed by atoms with Crippen LogP contribution in [0.2, 0.25) is 0 Å². The van der Waals surface area contributed by atoms with Crippen LogP contribution in [-0.2, 0) is 9.53 Å². The first kappa shape index (κ1) is 18.7. The Hall–Kier alpha value is -2.65. The molecule has 148 valence electrons. The van der Waals surface area contributed by atoms with Gasteiger partial charge in [0.2, 0.25) is 5.91 Å². The Bertz CT molecular complexity index is 887. The molecule has 10 heteroatoms. The molecular weight excluding hydrogens is 387 g/mol. The maximum Gasteiger partial charge on any atom is 0.248 e. The van der Waals surface area contributed by atoms with Gasteiger partial charge in [0.05, 0.1) is 11.2 Å². The summed E-state index contributed by atoms with van der Waals surface area (Å²) in [5.41, 5.74) is 1.64. The highest BCUT2D eigenvalue weighted by Crippen LogP contribution is 2.31. The van der Waals surface area contributed by atoms with Crippen LogP contribution in [0, 0.1) is 5.82 Å². The highest BCUT2D eigenvalue weighted by atomic mass is 35.5. The number of nitrogens with one attached hydrogen (secondary N) is 3. The van der Waals surface area contributed by atoms with Gasteiger partial charge in [-0.15, -0.1) is 0 Å². The number of anilines is 1. The van der Waals surface area contributed by atoms with Crippen molar-refractivity contribution < 1.29 is 13.9 Å². The van der Waals surface area contributed by atoms with E-state index in [-0.39, 0.29) is 30.5 Å². The van der Waals surface area contributed by atoms with Gasteiger partial charge in [-0.05, 0) is 12.5 Å². The lowest BCUT2D eigenvalue weighted by molar-refractivity contribution is -0.134. The second kappa shape index (κ2) is 7.76. The number of carbonyl (C=O) groups excluding carboxylic acids is 1. The maximum atomic E-state index is 14.3.